The predicted molar refractivity (Wildman–Crippen MR) is 159 cm³/mol. The molecule has 11 nitrogen and oxygen atoms in total. The maximum absolute atomic E-state index is 13.8. The summed E-state index contributed by atoms with van der Waals surface area (Å²) in [6.45, 7) is 1.42. The van der Waals surface area contributed by atoms with Crippen LogP contribution in [0.1, 0.15) is 28.9 Å². The number of methoxy groups -OCH3 is 1. The fraction of sp³-hybridized carbons (Fsp3) is 0.133. The molecular weight excluding hydrogens is 558 g/mol. The molecule has 0 saturated heterocycles. The summed E-state index contributed by atoms with van der Waals surface area (Å²) in [4.78, 5) is 39.5. The fourth-order valence-electron chi connectivity index (χ4n) is 4.60. The van der Waals surface area contributed by atoms with Crippen molar-refractivity contribution in [2.75, 3.05) is 18.2 Å². The Morgan fingerprint density at radius 3 is 2.52 bits per heavy atom. The molecule has 0 aliphatic carbocycles. The number of ketones is 1. The fourth-order valence-corrected chi connectivity index (χ4v) is 4.77. The van der Waals surface area contributed by atoms with Crippen molar-refractivity contribution in [1.29, 1.82) is 0 Å². The number of nitrogens with one attached hydrogen (secondary N) is 1. The lowest BCUT2D eigenvalue weighted by molar-refractivity contribution is -0.119. The van der Waals surface area contributed by atoms with Gasteiger partial charge in [0.1, 0.15) is 18.1 Å². The van der Waals surface area contributed by atoms with Crippen LogP contribution in [0.4, 0.5) is 11.4 Å². The third-order valence-corrected chi connectivity index (χ3v) is 6.97. The summed E-state index contributed by atoms with van der Waals surface area (Å²) >= 11 is 6.33. The molecule has 0 fully saturated rings. The molecule has 42 heavy (non-hydrogen) atoms. The van der Waals surface area contributed by atoms with E-state index in [1.807, 2.05) is 30.3 Å². The van der Waals surface area contributed by atoms with E-state index in [2.05, 4.69) is 20.8 Å². The highest BCUT2D eigenvalue weighted by atomic mass is 35.5. The predicted octanol–water partition coefficient (Wildman–Crippen LogP) is 4.36. The van der Waals surface area contributed by atoms with E-state index in [-0.39, 0.29) is 23.6 Å². The quantitative estimate of drug-likeness (QED) is 0.192. The summed E-state index contributed by atoms with van der Waals surface area (Å²) in [6, 6.07) is 19.4. The van der Waals surface area contributed by atoms with E-state index < -0.39 is 17.5 Å². The van der Waals surface area contributed by atoms with Gasteiger partial charge in [0.05, 0.1) is 30.4 Å². The molecule has 0 aliphatic rings. The Bertz CT molecular complexity index is 1820. The van der Waals surface area contributed by atoms with E-state index in [4.69, 9.17) is 22.1 Å². The highest BCUT2D eigenvalue weighted by Gasteiger charge is 2.26. The van der Waals surface area contributed by atoms with Crippen molar-refractivity contribution < 1.29 is 14.3 Å². The molecule has 0 radical (unpaired) electrons. The second-order valence-electron chi connectivity index (χ2n) is 9.47. The molecule has 1 atom stereocenters. The minimum absolute atomic E-state index is 0.176. The molecule has 12 heteroatoms. The standard InChI is InChI=1S/C30H26ClN7O4/c1-18(39)20-8-10-24(32)25(13-20)34-30(41)27(12-19-6-4-3-5-7-19)37-16-28(42-2)23(15-29(37)40)22-14-21(31)9-11-26(22)38-17-33-35-36-38/h3-11,13-17,27H,12,32H2,1-2H3,(H,34,41). The topological polar surface area (TPSA) is 147 Å². The van der Waals surface area contributed by atoms with Crippen molar-refractivity contribution in [2.45, 2.75) is 19.4 Å². The Hall–Kier alpha value is -5.29. The van der Waals surface area contributed by atoms with E-state index in [0.717, 1.165) is 5.56 Å². The normalized spacial score (nSPS) is 11.6. The van der Waals surface area contributed by atoms with Gasteiger partial charge in [-0.05, 0) is 59.3 Å². The van der Waals surface area contributed by atoms with Gasteiger partial charge in [0, 0.05) is 34.2 Å². The van der Waals surface area contributed by atoms with Gasteiger partial charge in [-0.1, -0.05) is 41.9 Å². The zero-order valence-corrected chi connectivity index (χ0v) is 23.4. The molecule has 1 unspecified atom stereocenters. The van der Waals surface area contributed by atoms with E-state index in [1.54, 1.807) is 30.3 Å². The second kappa shape index (κ2) is 12.1. The first-order valence-electron chi connectivity index (χ1n) is 12.8. The van der Waals surface area contributed by atoms with Gasteiger partial charge >= 0.3 is 0 Å². The molecule has 3 aromatic carbocycles. The third kappa shape index (κ3) is 5.91. The van der Waals surface area contributed by atoms with E-state index in [1.165, 1.54) is 47.9 Å². The van der Waals surface area contributed by atoms with Crippen LogP contribution in [-0.4, -0.2) is 43.6 Å². The molecule has 0 spiro atoms. The maximum atomic E-state index is 13.8. The largest absolute Gasteiger partial charge is 0.495 e. The Labute approximate surface area is 245 Å². The van der Waals surface area contributed by atoms with Crippen LogP contribution in [0.3, 0.4) is 0 Å². The number of nitrogen functional groups attached to an aromatic ring is 1. The molecule has 212 valence electrons. The van der Waals surface area contributed by atoms with Crippen molar-refractivity contribution in [3.63, 3.8) is 0 Å². The lowest BCUT2D eigenvalue weighted by Gasteiger charge is -2.22. The van der Waals surface area contributed by atoms with Crippen LogP contribution in [0.2, 0.25) is 5.02 Å². The number of tetrazole rings is 1. The molecule has 0 bridgehead atoms. The Morgan fingerprint density at radius 1 is 1.05 bits per heavy atom. The molecule has 0 aliphatic heterocycles. The van der Waals surface area contributed by atoms with Gasteiger partial charge in [0.15, 0.2) is 5.78 Å². The number of hydrogen-bond acceptors (Lipinski definition) is 8. The van der Waals surface area contributed by atoms with E-state index in [9.17, 15) is 14.4 Å². The van der Waals surface area contributed by atoms with Crippen molar-refractivity contribution in [1.82, 2.24) is 24.8 Å². The van der Waals surface area contributed by atoms with E-state index >= 15 is 0 Å². The summed E-state index contributed by atoms with van der Waals surface area (Å²) in [5.41, 5.74) is 8.97. The van der Waals surface area contributed by atoms with Crippen molar-refractivity contribution in [3.8, 4) is 22.6 Å². The van der Waals surface area contributed by atoms with Gasteiger partial charge in [0.2, 0.25) is 5.91 Å². The summed E-state index contributed by atoms with van der Waals surface area (Å²) in [7, 11) is 1.47. The Kier molecular flexibility index (Phi) is 8.12. The average molecular weight is 584 g/mol. The SMILES string of the molecule is COc1cn(C(Cc2ccccc2)C(=O)Nc2cc(C(C)=O)ccc2N)c(=O)cc1-c1cc(Cl)ccc1-n1cnnn1. The number of nitrogens with zero attached hydrogens (tertiary/aromatic N) is 5. The van der Waals surface area contributed by atoms with Crippen molar-refractivity contribution >= 4 is 34.7 Å². The number of benzene rings is 3. The Balaban J connectivity index is 1.61. The molecule has 5 rings (SSSR count). The number of pyridine rings is 1. The number of nitrogens with two attached hydrogens (primary N) is 1. The number of anilines is 2. The van der Waals surface area contributed by atoms with Gasteiger partial charge < -0.3 is 15.8 Å². The van der Waals surface area contributed by atoms with Crippen LogP contribution in [0.15, 0.2) is 90.1 Å². The molecule has 2 heterocycles. The summed E-state index contributed by atoms with van der Waals surface area (Å²) in [5.74, 6) is -0.361. The lowest BCUT2D eigenvalue weighted by atomic mass is 10.0. The molecule has 3 N–H and O–H groups in total. The third-order valence-electron chi connectivity index (χ3n) is 6.74. The number of hydrogen-bond donors (Lipinski definition) is 2. The Morgan fingerprint density at radius 2 is 1.83 bits per heavy atom. The first-order chi connectivity index (χ1) is 20.2. The second-order valence-corrected chi connectivity index (χ2v) is 9.91. The molecular formula is C30H26ClN7O4. The van der Waals surface area contributed by atoms with Crippen LogP contribution in [0, 0.1) is 0 Å². The van der Waals surface area contributed by atoms with Crippen molar-refractivity contribution in [3.05, 3.63) is 112 Å². The van der Waals surface area contributed by atoms with Gasteiger partial charge in [-0.3, -0.25) is 19.0 Å². The number of Topliss-reactive ketones (excluding diaryl/α,β-unsaturated/α-hetero) is 1. The smallest absolute Gasteiger partial charge is 0.252 e. The minimum Gasteiger partial charge on any atom is -0.495 e. The van der Waals surface area contributed by atoms with Crippen molar-refractivity contribution in [2.24, 2.45) is 0 Å². The highest BCUT2D eigenvalue weighted by Crippen LogP contribution is 2.35. The van der Waals surface area contributed by atoms with Gasteiger partial charge in [-0.2, -0.15) is 4.68 Å². The summed E-state index contributed by atoms with van der Waals surface area (Å²) in [6.07, 6.45) is 3.10. The molecule has 5 aromatic rings. The molecule has 0 saturated carbocycles. The number of aromatic nitrogens is 5. The summed E-state index contributed by atoms with van der Waals surface area (Å²) in [5, 5.41) is 14.6. The number of halogens is 1. The number of carbonyl (C=O) groups is 2. The van der Waals surface area contributed by atoms with Crippen LogP contribution >= 0.6 is 11.6 Å². The molecule has 1 amide bonds. The monoisotopic (exact) mass is 583 g/mol. The highest BCUT2D eigenvalue weighted by molar-refractivity contribution is 6.31. The van der Waals surface area contributed by atoms with Crippen LogP contribution < -0.4 is 21.3 Å². The van der Waals surface area contributed by atoms with Crippen LogP contribution in [0.5, 0.6) is 5.75 Å². The van der Waals surface area contributed by atoms with E-state index in [0.29, 0.717) is 33.1 Å². The van der Waals surface area contributed by atoms with Gasteiger partial charge in [0.25, 0.3) is 5.56 Å². The zero-order chi connectivity index (χ0) is 29.8. The first-order valence-corrected chi connectivity index (χ1v) is 13.2. The first kappa shape index (κ1) is 28.2. The average Bonchev–Trinajstić information content (AvgIpc) is 3.52. The van der Waals surface area contributed by atoms with Gasteiger partial charge in [-0.15, -0.1) is 5.10 Å². The molecule has 2 aromatic heterocycles. The lowest BCUT2D eigenvalue weighted by Crippen LogP contribution is -2.34. The number of amides is 1. The van der Waals surface area contributed by atoms with Crippen LogP contribution in [0.25, 0.3) is 16.8 Å². The van der Waals surface area contributed by atoms with Gasteiger partial charge in [-0.25, -0.2) is 0 Å². The number of rotatable bonds is 9. The zero-order valence-electron chi connectivity index (χ0n) is 22.7. The number of carbonyl (C=O) groups excluding carboxylic acids is 2. The summed E-state index contributed by atoms with van der Waals surface area (Å²) < 4.78 is 8.48. The maximum Gasteiger partial charge on any atom is 0.252 e. The number of ether oxygens (including phenoxy) is 1. The van der Waals surface area contributed by atoms with Crippen LogP contribution in [-0.2, 0) is 11.2 Å². The minimum atomic E-state index is -0.999.